The normalized spacial score (nSPS) is 21.3. The summed E-state index contributed by atoms with van der Waals surface area (Å²) in [6, 6.07) is 26.6. The average molecular weight is 768 g/mol. The largest absolute Gasteiger partial charge is 0.316 e. The zero-order chi connectivity index (χ0) is 41.7. The first-order valence-electron chi connectivity index (χ1n) is 22.5. The SMILES string of the molecule is CC(C)(C)C1=CCCC(C2C3=CC(C(C)(C)c4ccccc4)CC4=C3B(c3ccc(C(C)(C)C)cc32)c2ccc(C(C)(C)C)cc2N4C2=CCCC(C(C)(C)C)=C2)=C1. The fourth-order valence-corrected chi connectivity index (χ4v) is 10.6. The van der Waals surface area contributed by atoms with Gasteiger partial charge in [0.15, 0.2) is 0 Å². The van der Waals surface area contributed by atoms with Gasteiger partial charge in [0.2, 0.25) is 6.71 Å². The number of anilines is 1. The number of rotatable bonds is 4. The van der Waals surface area contributed by atoms with Crippen LogP contribution in [0.3, 0.4) is 0 Å². The second-order valence-corrected chi connectivity index (χ2v) is 23.0. The quantitative estimate of drug-likeness (QED) is 0.239. The molecule has 0 spiro atoms. The van der Waals surface area contributed by atoms with E-state index in [2.05, 4.69) is 199 Å². The molecule has 302 valence electrons. The Morgan fingerprint density at radius 1 is 0.603 bits per heavy atom. The van der Waals surface area contributed by atoms with Crippen molar-refractivity contribution >= 4 is 23.3 Å². The van der Waals surface area contributed by atoms with E-state index in [4.69, 9.17) is 0 Å². The first-order chi connectivity index (χ1) is 27.0. The third-order valence-electron chi connectivity index (χ3n) is 14.4. The Balaban J connectivity index is 1.48. The molecule has 3 aliphatic carbocycles. The smallest absolute Gasteiger partial charge is 0.247 e. The molecule has 0 saturated carbocycles. The summed E-state index contributed by atoms with van der Waals surface area (Å²) in [4.78, 5) is 2.78. The van der Waals surface area contributed by atoms with Crippen molar-refractivity contribution in [2.24, 2.45) is 16.7 Å². The van der Waals surface area contributed by atoms with E-state index in [0.29, 0.717) is 5.92 Å². The lowest BCUT2D eigenvalue weighted by Crippen LogP contribution is -2.57. The van der Waals surface area contributed by atoms with Gasteiger partial charge < -0.3 is 4.90 Å². The first kappa shape index (κ1) is 40.7. The molecule has 5 aliphatic rings. The molecule has 3 aromatic carbocycles. The Kier molecular flexibility index (Phi) is 9.85. The van der Waals surface area contributed by atoms with Crippen molar-refractivity contribution < 1.29 is 0 Å². The van der Waals surface area contributed by atoms with Crippen molar-refractivity contribution in [1.82, 2.24) is 0 Å². The molecule has 58 heavy (non-hydrogen) atoms. The lowest BCUT2D eigenvalue weighted by molar-refractivity contribution is 0.370. The van der Waals surface area contributed by atoms with Gasteiger partial charge in [-0.25, -0.2) is 0 Å². The molecule has 3 aromatic rings. The van der Waals surface area contributed by atoms with E-state index in [1.54, 1.807) is 22.2 Å². The van der Waals surface area contributed by atoms with Crippen LogP contribution in [0.2, 0.25) is 0 Å². The summed E-state index contributed by atoms with van der Waals surface area (Å²) in [6.07, 6.45) is 18.5. The van der Waals surface area contributed by atoms with Gasteiger partial charge >= 0.3 is 0 Å². The number of fused-ring (bicyclic) bond motifs is 4. The van der Waals surface area contributed by atoms with Crippen molar-refractivity contribution in [3.05, 3.63) is 159 Å². The van der Waals surface area contributed by atoms with Crippen LogP contribution < -0.4 is 15.8 Å². The van der Waals surface area contributed by atoms with Gasteiger partial charge in [-0.2, -0.15) is 0 Å². The van der Waals surface area contributed by atoms with E-state index in [1.165, 1.54) is 55.8 Å². The van der Waals surface area contributed by atoms with Gasteiger partial charge in [0.05, 0.1) is 0 Å². The highest BCUT2D eigenvalue weighted by Gasteiger charge is 2.50. The topological polar surface area (TPSA) is 3.24 Å². The minimum atomic E-state index is -0.0790. The fraction of sp³-hybridized carbons (Fsp3) is 0.464. The van der Waals surface area contributed by atoms with Gasteiger partial charge in [-0.3, -0.25) is 0 Å². The van der Waals surface area contributed by atoms with E-state index >= 15 is 0 Å². The van der Waals surface area contributed by atoms with Crippen LogP contribution in [0.4, 0.5) is 5.69 Å². The van der Waals surface area contributed by atoms with E-state index in [-0.39, 0.29) is 39.7 Å². The predicted octanol–water partition coefficient (Wildman–Crippen LogP) is 13.9. The van der Waals surface area contributed by atoms with Crippen LogP contribution in [0.5, 0.6) is 0 Å². The maximum Gasteiger partial charge on any atom is 0.247 e. The summed E-state index contributed by atoms with van der Waals surface area (Å²) in [7, 11) is 0. The molecule has 0 amide bonds. The van der Waals surface area contributed by atoms with Gasteiger partial charge in [0.25, 0.3) is 0 Å². The molecule has 2 heterocycles. The standard InChI is InChI=1S/C56H70BN/c1-52(2,3)38-23-18-20-36(30-38)50-44-32-40(54(7,8)9)26-28-46(44)57-47-29-27-41(55(10,11)12)34-48(47)58(43-25-19-24-39(31-43)53(4,5)6)49-35-42(33-45(50)51(49)57)56(13,14)37-21-16-15-17-22-37/h15-17,21-23,25-34,42,50H,18-20,24,35H2,1-14H3. The lowest BCUT2D eigenvalue weighted by atomic mass is 9.28. The number of allylic oxidation sites excluding steroid dienone is 11. The van der Waals surface area contributed by atoms with Crippen molar-refractivity contribution in [1.29, 1.82) is 0 Å². The van der Waals surface area contributed by atoms with Crippen LogP contribution in [0.25, 0.3) is 0 Å². The summed E-state index contributed by atoms with van der Waals surface area (Å²) in [5.74, 6) is 0.517. The van der Waals surface area contributed by atoms with E-state index in [1.807, 2.05) is 0 Å². The van der Waals surface area contributed by atoms with Crippen LogP contribution in [-0.4, -0.2) is 6.71 Å². The molecule has 2 aliphatic heterocycles. The minimum Gasteiger partial charge on any atom is -0.316 e. The average Bonchev–Trinajstić information content (AvgIpc) is 3.16. The molecular formula is C56H70BN. The highest BCUT2D eigenvalue weighted by Crippen LogP contribution is 2.55. The highest BCUT2D eigenvalue weighted by molar-refractivity contribution is 6.94. The van der Waals surface area contributed by atoms with E-state index in [9.17, 15) is 0 Å². The summed E-state index contributed by atoms with van der Waals surface area (Å²) in [6.45, 7) is 33.8. The molecule has 2 atom stereocenters. The van der Waals surface area contributed by atoms with Gasteiger partial charge in [-0.05, 0) is 122 Å². The molecule has 2 unspecified atom stereocenters. The zero-order valence-electron chi connectivity index (χ0n) is 38.5. The molecule has 0 saturated heterocycles. The monoisotopic (exact) mass is 768 g/mol. The Hall–Kier alpha value is -4.04. The summed E-state index contributed by atoms with van der Waals surface area (Å²) < 4.78 is 0. The van der Waals surface area contributed by atoms with Gasteiger partial charge in [-0.1, -0.05) is 199 Å². The minimum absolute atomic E-state index is 0.0289. The molecular weight excluding hydrogens is 697 g/mol. The summed E-state index contributed by atoms with van der Waals surface area (Å²) in [5, 5.41) is 0. The van der Waals surface area contributed by atoms with Crippen LogP contribution in [0, 0.1) is 16.7 Å². The van der Waals surface area contributed by atoms with Crippen molar-refractivity contribution in [3.63, 3.8) is 0 Å². The van der Waals surface area contributed by atoms with E-state index in [0.717, 1.165) is 32.1 Å². The molecule has 0 radical (unpaired) electrons. The number of nitrogens with zero attached hydrogens (tertiary/aromatic N) is 1. The third kappa shape index (κ3) is 7.09. The maximum atomic E-state index is 2.80. The Labute approximate surface area is 353 Å². The summed E-state index contributed by atoms with van der Waals surface area (Å²) in [5.41, 5.74) is 20.9. The van der Waals surface area contributed by atoms with Crippen LogP contribution in [0.15, 0.2) is 136 Å². The first-order valence-corrected chi connectivity index (χ1v) is 22.5. The van der Waals surface area contributed by atoms with Gasteiger partial charge in [-0.15, -0.1) is 0 Å². The van der Waals surface area contributed by atoms with E-state index < -0.39 is 0 Å². The van der Waals surface area contributed by atoms with Crippen LogP contribution in [0.1, 0.15) is 157 Å². The third-order valence-corrected chi connectivity index (χ3v) is 14.4. The lowest BCUT2D eigenvalue weighted by Gasteiger charge is -2.50. The van der Waals surface area contributed by atoms with Crippen LogP contribution >= 0.6 is 0 Å². The molecule has 0 bridgehead atoms. The molecule has 0 aromatic heterocycles. The van der Waals surface area contributed by atoms with Crippen LogP contribution in [-0.2, 0) is 16.2 Å². The molecule has 1 nitrogen and oxygen atoms in total. The molecule has 0 fully saturated rings. The predicted molar refractivity (Wildman–Crippen MR) is 253 cm³/mol. The van der Waals surface area contributed by atoms with Gasteiger partial charge in [0, 0.05) is 23.0 Å². The summed E-state index contributed by atoms with van der Waals surface area (Å²) >= 11 is 0. The Morgan fingerprint density at radius 2 is 1.24 bits per heavy atom. The maximum absolute atomic E-state index is 2.80. The zero-order valence-corrected chi connectivity index (χ0v) is 38.5. The van der Waals surface area contributed by atoms with Crippen molar-refractivity contribution in [3.8, 4) is 0 Å². The number of benzene rings is 3. The molecule has 8 rings (SSSR count). The Morgan fingerprint density at radius 3 is 1.88 bits per heavy atom. The second kappa shape index (κ2) is 14.0. The molecule has 2 heteroatoms. The molecule has 0 N–H and O–H groups in total. The Bertz CT molecular complexity index is 2320. The second-order valence-electron chi connectivity index (χ2n) is 23.0. The van der Waals surface area contributed by atoms with Crippen molar-refractivity contribution in [2.75, 3.05) is 4.90 Å². The fourth-order valence-electron chi connectivity index (χ4n) is 10.6. The van der Waals surface area contributed by atoms with Gasteiger partial charge in [0.1, 0.15) is 0 Å². The number of hydrogen-bond donors (Lipinski definition) is 0. The van der Waals surface area contributed by atoms with Crippen molar-refractivity contribution in [2.45, 2.75) is 151 Å². The highest BCUT2D eigenvalue weighted by atomic mass is 15.2. The number of hydrogen-bond acceptors (Lipinski definition) is 1.